The fourth-order valence-corrected chi connectivity index (χ4v) is 2.65. The first kappa shape index (κ1) is 13.5. The highest BCUT2D eigenvalue weighted by molar-refractivity contribution is 5.09. The molecule has 3 nitrogen and oxygen atoms in total. The van der Waals surface area contributed by atoms with Crippen molar-refractivity contribution in [3.8, 4) is 0 Å². The van der Waals surface area contributed by atoms with Gasteiger partial charge < -0.3 is 10.1 Å². The molecule has 2 atom stereocenters. The Morgan fingerprint density at radius 2 is 2.33 bits per heavy atom. The van der Waals surface area contributed by atoms with E-state index in [1.165, 1.54) is 5.56 Å². The van der Waals surface area contributed by atoms with E-state index in [2.05, 4.69) is 37.1 Å². The molecule has 0 aliphatic heterocycles. The van der Waals surface area contributed by atoms with Crippen LogP contribution in [0.15, 0.2) is 24.5 Å². The van der Waals surface area contributed by atoms with Crippen molar-refractivity contribution in [1.82, 2.24) is 10.3 Å². The van der Waals surface area contributed by atoms with Crippen molar-refractivity contribution in [2.75, 3.05) is 13.2 Å². The van der Waals surface area contributed by atoms with Crippen LogP contribution in [0.3, 0.4) is 0 Å². The van der Waals surface area contributed by atoms with E-state index in [1.807, 2.05) is 18.5 Å². The standard InChI is InChI=1S/C15H24N2O/c1-4-18-14-10-13(15(14,2)3)17-9-7-12-6-5-8-16-11-12/h5-6,8,11,13-14,17H,4,7,9-10H2,1-3H3. The molecule has 0 spiro atoms. The molecule has 1 N–H and O–H groups in total. The van der Waals surface area contributed by atoms with Crippen LogP contribution in [0.4, 0.5) is 0 Å². The molecule has 1 heterocycles. The molecule has 0 radical (unpaired) electrons. The summed E-state index contributed by atoms with van der Waals surface area (Å²) in [5.41, 5.74) is 1.55. The van der Waals surface area contributed by atoms with E-state index in [9.17, 15) is 0 Å². The van der Waals surface area contributed by atoms with E-state index in [0.717, 1.165) is 26.0 Å². The third kappa shape index (κ3) is 2.90. The van der Waals surface area contributed by atoms with E-state index in [1.54, 1.807) is 0 Å². The predicted octanol–water partition coefficient (Wildman–Crippen LogP) is 2.42. The van der Waals surface area contributed by atoms with Gasteiger partial charge in [0.05, 0.1) is 6.10 Å². The number of hydrogen-bond acceptors (Lipinski definition) is 3. The third-order valence-corrected chi connectivity index (χ3v) is 4.07. The molecule has 2 rings (SSSR count). The second kappa shape index (κ2) is 5.81. The Morgan fingerprint density at radius 3 is 2.94 bits per heavy atom. The molecule has 0 saturated heterocycles. The van der Waals surface area contributed by atoms with Gasteiger partial charge in [0.1, 0.15) is 0 Å². The minimum atomic E-state index is 0.255. The molecular formula is C15H24N2O. The van der Waals surface area contributed by atoms with Crippen molar-refractivity contribution in [3.05, 3.63) is 30.1 Å². The van der Waals surface area contributed by atoms with Gasteiger partial charge in [0.2, 0.25) is 0 Å². The Kier molecular flexibility index (Phi) is 4.36. The molecule has 3 heteroatoms. The van der Waals surface area contributed by atoms with Gasteiger partial charge in [-0.05, 0) is 37.9 Å². The minimum absolute atomic E-state index is 0.255. The summed E-state index contributed by atoms with van der Waals surface area (Å²) in [6.07, 6.45) is 6.35. The number of hydrogen-bond donors (Lipinski definition) is 1. The van der Waals surface area contributed by atoms with Crippen LogP contribution in [0, 0.1) is 5.41 Å². The molecule has 1 aliphatic rings. The molecule has 1 aromatic heterocycles. The molecule has 1 aromatic rings. The largest absolute Gasteiger partial charge is 0.378 e. The van der Waals surface area contributed by atoms with Gasteiger partial charge in [-0.25, -0.2) is 0 Å². The predicted molar refractivity (Wildman–Crippen MR) is 73.5 cm³/mol. The summed E-state index contributed by atoms with van der Waals surface area (Å²) in [7, 11) is 0. The monoisotopic (exact) mass is 248 g/mol. The van der Waals surface area contributed by atoms with Crippen LogP contribution in [0.25, 0.3) is 0 Å². The van der Waals surface area contributed by atoms with Crippen molar-refractivity contribution in [1.29, 1.82) is 0 Å². The molecule has 100 valence electrons. The molecule has 0 aromatic carbocycles. The molecule has 0 amide bonds. The third-order valence-electron chi connectivity index (χ3n) is 4.07. The summed E-state index contributed by atoms with van der Waals surface area (Å²) in [5, 5.41) is 3.64. The van der Waals surface area contributed by atoms with Crippen LogP contribution >= 0.6 is 0 Å². The average molecular weight is 248 g/mol. The summed E-state index contributed by atoms with van der Waals surface area (Å²) in [5.74, 6) is 0. The summed E-state index contributed by atoms with van der Waals surface area (Å²) < 4.78 is 5.74. The SMILES string of the molecule is CCOC1CC(NCCc2cccnc2)C1(C)C. The van der Waals surface area contributed by atoms with Crippen LogP contribution in [0.5, 0.6) is 0 Å². The van der Waals surface area contributed by atoms with Gasteiger partial charge in [-0.15, -0.1) is 0 Å². The molecule has 1 saturated carbocycles. The topological polar surface area (TPSA) is 34.1 Å². The number of nitrogens with zero attached hydrogens (tertiary/aromatic N) is 1. The fourth-order valence-electron chi connectivity index (χ4n) is 2.65. The molecule has 18 heavy (non-hydrogen) atoms. The molecule has 0 bridgehead atoms. The number of ether oxygens (including phenoxy) is 1. The number of pyridine rings is 1. The first-order valence-corrected chi connectivity index (χ1v) is 6.88. The van der Waals surface area contributed by atoms with E-state index in [4.69, 9.17) is 4.74 Å². The Hall–Kier alpha value is -0.930. The maximum Gasteiger partial charge on any atom is 0.0655 e. The van der Waals surface area contributed by atoms with Gasteiger partial charge in [-0.1, -0.05) is 19.9 Å². The van der Waals surface area contributed by atoms with Crippen molar-refractivity contribution in [3.63, 3.8) is 0 Å². The zero-order chi connectivity index (χ0) is 13.0. The van der Waals surface area contributed by atoms with E-state index in [0.29, 0.717) is 12.1 Å². The fraction of sp³-hybridized carbons (Fsp3) is 0.667. The van der Waals surface area contributed by atoms with Gasteiger partial charge in [-0.3, -0.25) is 4.98 Å². The number of rotatable bonds is 6. The minimum Gasteiger partial charge on any atom is -0.378 e. The highest BCUT2D eigenvalue weighted by Gasteiger charge is 2.48. The zero-order valence-electron chi connectivity index (χ0n) is 11.6. The van der Waals surface area contributed by atoms with Crippen LogP contribution in [0.2, 0.25) is 0 Å². The first-order valence-electron chi connectivity index (χ1n) is 6.88. The summed E-state index contributed by atoms with van der Waals surface area (Å²) in [6.45, 7) is 8.48. The lowest BCUT2D eigenvalue weighted by atomic mass is 9.64. The first-order chi connectivity index (χ1) is 8.64. The lowest BCUT2D eigenvalue weighted by molar-refractivity contribution is -0.113. The second-order valence-corrected chi connectivity index (χ2v) is 5.62. The van der Waals surface area contributed by atoms with Crippen LogP contribution in [0.1, 0.15) is 32.8 Å². The van der Waals surface area contributed by atoms with Crippen LogP contribution < -0.4 is 5.32 Å². The highest BCUT2D eigenvalue weighted by Crippen LogP contribution is 2.42. The normalized spacial score (nSPS) is 25.7. The maximum absolute atomic E-state index is 5.74. The summed E-state index contributed by atoms with van der Waals surface area (Å²) >= 11 is 0. The molecule has 1 aliphatic carbocycles. The van der Waals surface area contributed by atoms with E-state index in [-0.39, 0.29) is 5.41 Å². The Labute approximate surface area is 110 Å². The molecule has 2 unspecified atom stereocenters. The number of aromatic nitrogens is 1. The zero-order valence-corrected chi connectivity index (χ0v) is 11.6. The summed E-state index contributed by atoms with van der Waals surface area (Å²) in [4.78, 5) is 4.13. The van der Waals surface area contributed by atoms with Gasteiger partial charge in [0, 0.05) is 30.5 Å². The summed E-state index contributed by atoms with van der Waals surface area (Å²) in [6, 6.07) is 4.70. The smallest absolute Gasteiger partial charge is 0.0655 e. The quantitative estimate of drug-likeness (QED) is 0.839. The Balaban J connectivity index is 1.73. The average Bonchev–Trinajstić information content (AvgIpc) is 2.38. The van der Waals surface area contributed by atoms with Crippen molar-refractivity contribution < 1.29 is 4.74 Å². The molecular weight excluding hydrogens is 224 g/mol. The molecule has 1 fully saturated rings. The van der Waals surface area contributed by atoms with Crippen LogP contribution in [-0.4, -0.2) is 30.3 Å². The Morgan fingerprint density at radius 1 is 1.50 bits per heavy atom. The van der Waals surface area contributed by atoms with Crippen molar-refractivity contribution in [2.45, 2.75) is 45.8 Å². The second-order valence-electron chi connectivity index (χ2n) is 5.62. The maximum atomic E-state index is 5.74. The van der Waals surface area contributed by atoms with E-state index >= 15 is 0 Å². The van der Waals surface area contributed by atoms with Crippen molar-refractivity contribution in [2.24, 2.45) is 5.41 Å². The van der Waals surface area contributed by atoms with Gasteiger partial charge in [-0.2, -0.15) is 0 Å². The van der Waals surface area contributed by atoms with Crippen LogP contribution in [-0.2, 0) is 11.2 Å². The van der Waals surface area contributed by atoms with E-state index < -0.39 is 0 Å². The Bertz CT molecular complexity index is 364. The lowest BCUT2D eigenvalue weighted by Crippen LogP contribution is -2.61. The van der Waals surface area contributed by atoms with Gasteiger partial charge >= 0.3 is 0 Å². The van der Waals surface area contributed by atoms with Gasteiger partial charge in [0.25, 0.3) is 0 Å². The number of nitrogens with one attached hydrogen (secondary N) is 1. The highest BCUT2D eigenvalue weighted by atomic mass is 16.5. The van der Waals surface area contributed by atoms with Gasteiger partial charge in [0.15, 0.2) is 0 Å². The lowest BCUT2D eigenvalue weighted by Gasteiger charge is -2.52. The van der Waals surface area contributed by atoms with Crippen molar-refractivity contribution >= 4 is 0 Å².